The zero-order valence-corrected chi connectivity index (χ0v) is 19.7. The van der Waals surface area contributed by atoms with Gasteiger partial charge in [-0.05, 0) is 69.7 Å². The first kappa shape index (κ1) is 24.7. The number of halogens is 1. The van der Waals surface area contributed by atoms with Gasteiger partial charge in [-0.15, -0.1) is 0 Å². The van der Waals surface area contributed by atoms with E-state index >= 15 is 0 Å². The summed E-state index contributed by atoms with van der Waals surface area (Å²) in [5.41, 5.74) is 0.146. The monoisotopic (exact) mass is 477 g/mol. The lowest BCUT2D eigenvalue weighted by molar-refractivity contribution is 0.0635. The molecule has 0 saturated carbocycles. The lowest BCUT2D eigenvalue weighted by atomic mass is 10.1. The summed E-state index contributed by atoms with van der Waals surface area (Å²) in [5.74, 6) is -0.770. The maximum Gasteiger partial charge on any atom is 0.412 e. The summed E-state index contributed by atoms with van der Waals surface area (Å²) in [4.78, 5) is 26.7. The maximum atomic E-state index is 13.2. The third-order valence-corrected chi connectivity index (χ3v) is 6.86. The van der Waals surface area contributed by atoms with Crippen molar-refractivity contribution in [2.75, 3.05) is 31.5 Å². The van der Waals surface area contributed by atoms with Gasteiger partial charge in [0.1, 0.15) is 11.4 Å². The van der Waals surface area contributed by atoms with E-state index in [1.165, 1.54) is 16.4 Å². The summed E-state index contributed by atoms with van der Waals surface area (Å²) in [6, 6.07) is 11.2. The van der Waals surface area contributed by atoms with Crippen molar-refractivity contribution in [1.29, 1.82) is 0 Å². The van der Waals surface area contributed by atoms with Crippen LogP contribution in [0.4, 0.5) is 14.9 Å². The summed E-state index contributed by atoms with van der Waals surface area (Å²) >= 11 is 0. The van der Waals surface area contributed by atoms with E-state index < -0.39 is 27.5 Å². The zero-order chi connectivity index (χ0) is 24.2. The number of benzene rings is 2. The van der Waals surface area contributed by atoms with Crippen LogP contribution in [-0.4, -0.2) is 61.4 Å². The number of carbonyl (C=O) groups is 2. The van der Waals surface area contributed by atoms with Crippen molar-refractivity contribution in [2.24, 2.45) is 0 Å². The fourth-order valence-corrected chi connectivity index (χ4v) is 4.90. The number of hydrogen-bond donors (Lipinski definition) is 1. The highest BCUT2D eigenvalue weighted by atomic mass is 32.2. The molecule has 2 aromatic carbocycles. The van der Waals surface area contributed by atoms with Crippen LogP contribution in [0.2, 0.25) is 0 Å². The van der Waals surface area contributed by atoms with E-state index in [9.17, 15) is 22.4 Å². The molecule has 1 heterocycles. The number of nitrogens with zero attached hydrogens (tertiary/aromatic N) is 2. The summed E-state index contributed by atoms with van der Waals surface area (Å²) in [5, 5.41) is 2.61. The van der Waals surface area contributed by atoms with Crippen LogP contribution in [0.1, 0.15) is 37.6 Å². The molecule has 1 fully saturated rings. The molecule has 1 saturated heterocycles. The lowest BCUT2D eigenvalue weighted by Crippen LogP contribution is -2.37. The van der Waals surface area contributed by atoms with E-state index in [1.54, 1.807) is 49.9 Å². The van der Waals surface area contributed by atoms with Gasteiger partial charge in [-0.3, -0.25) is 10.1 Å². The molecule has 0 aromatic heterocycles. The second-order valence-corrected chi connectivity index (χ2v) is 10.6. The van der Waals surface area contributed by atoms with Crippen molar-refractivity contribution in [3.05, 3.63) is 59.9 Å². The van der Waals surface area contributed by atoms with Gasteiger partial charge < -0.3 is 9.64 Å². The second-order valence-electron chi connectivity index (χ2n) is 8.71. The van der Waals surface area contributed by atoms with Gasteiger partial charge in [0, 0.05) is 37.4 Å². The van der Waals surface area contributed by atoms with Crippen LogP contribution in [0, 0.1) is 5.82 Å². The molecular formula is C23H28FN3O5S. The Morgan fingerprint density at radius 1 is 1.00 bits per heavy atom. The summed E-state index contributed by atoms with van der Waals surface area (Å²) < 4.78 is 45.5. The standard InChI is InChI=1S/C23H28FN3O5S/c1-23(2,3)32-22(29)25-19-7-4-6-17(16-19)21(28)26-12-5-13-27(15-14-26)33(30,31)20-10-8-18(24)9-11-20/h4,6-11,16H,5,12-15H2,1-3H3,(H,25,29). The first-order chi connectivity index (χ1) is 15.5. The molecule has 0 aliphatic carbocycles. The Kier molecular flexibility index (Phi) is 7.38. The average molecular weight is 478 g/mol. The van der Waals surface area contributed by atoms with E-state index in [0.29, 0.717) is 24.2 Å². The molecule has 1 aliphatic rings. The fraction of sp³-hybridized carbons (Fsp3) is 0.391. The SMILES string of the molecule is CC(C)(C)OC(=O)Nc1cccc(C(=O)N2CCCN(S(=O)(=O)c3ccc(F)cc3)CC2)c1. The lowest BCUT2D eigenvalue weighted by Gasteiger charge is -2.22. The molecular weight excluding hydrogens is 449 g/mol. The van der Waals surface area contributed by atoms with E-state index in [0.717, 1.165) is 12.1 Å². The highest BCUT2D eigenvalue weighted by Crippen LogP contribution is 2.20. The van der Waals surface area contributed by atoms with Crippen molar-refractivity contribution in [3.8, 4) is 0 Å². The largest absolute Gasteiger partial charge is 0.444 e. The molecule has 0 atom stereocenters. The Morgan fingerprint density at radius 3 is 2.36 bits per heavy atom. The molecule has 1 aliphatic heterocycles. The third-order valence-electron chi connectivity index (χ3n) is 4.95. The number of carbonyl (C=O) groups excluding carboxylic acids is 2. The Hall–Kier alpha value is -2.98. The van der Waals surface area contributed by atoms with Crippen molar-refractivity contribution in [1.82, 2.24) is 9.21 Å². The fourth-order valence-electron chi connectivity index (χ4n) is 3.43. The Balaban J connectivity index is 1.67. The van der Waals surface area contributed by atoms with Crippen molar-refractivity contribution in [2.45, 2.75) is 37.7 Å². The van der Waals surface area contributed by atoms with Crippen LogP contribution in [0.3, 0.4) is 0 Å². The van der Waals surface area contributed by atoms with Crippen LogP contribution in [0.5, 0.6) is 0 Å². The normalized spacial score (nSPS) is 15.6. The molecule has 2 amide bonds. The van der Waals surface area contributed by atoms with Crippen molar-refractivity contribution in [3.63, 3.8) is 0 Å². The average Bonchev–Trinajstić information content (AvgIpc) is 2.99. The molecule has 10 heteroatoms. The first-order valence-corrected chi connectivity index (χ1v) is 12.0. The van der Waals surface area contributed by atoms with Gasteiger partial charge in [0.25, 0.3) is 5.91 Å². The Bertz CT molecular complexity index is 1110. The zero-order valence-electron chi connectivity index (χ0n) is 18.9. The summed E-state index contributed by atoms with van der Waals surface area (Å²) in [6.45, 7) is 6.24. The van der Waals surface area contributed by atoms with Crippen LogP contribution >= 0.6 is 0 Å². The summed E-state index contributed by atoms with van der Waals surface area (Å²) in [6.07, 6.45) is -0.161. The van der Waals surface area contributed by atoms with Crippen molar-refractivity contribution < 1.29 is 27.1 Å². The highest BCUT2D eigenvalue weighted by molar-refractivity contribution is 7.89. The third kappa shape index (κ3) is 6.52. The van der Waals surface area contributed by atoms with Gasteiger partial charge in [0.15, 0.2) is 0 Å². The van der Waals surface area contributed by atoms with Crippen LogP contribution in [0.25, 0.3) is 0 Å². The van der Waals surface area contributed by atoms with Crippen molar-refractivity contribution >= 4 is 27.7 Å². The molecule has 33 heavy (non-hydrogen) atoms. The van der Waals surface area contributed by atoms with Crippen LogP contribution in [-0.2, 0) is 14.8 Å². The van der Waals surface area contributed by atoms with Crippen LogP contribution in [0.15, 0.2) is 53.4 Å². The minimum Gasteiger partial charge on any atom is -0.444 e. The first-order valence-electron chi connectivity index (χ1n) is 10.6. The predicted molar refractivity (Wildman–Crippen MR) is 122 cm³/mol. The number of ether oxygens (including phenoxy) is 1. The molecule has 0 radical (unpaired) electrons. The topological polar surface area (TPSA) is 96.0 Å². The molecule has 3 rings (SSSR count). The maximum absolute atomic E-state index is 13.2. The molecule has 2 aromatic rings. The minimum absolute atomic E-state index is 0.0181. The van der Waals surface area contributed by atoms with Gasteiger partial charge in [-0.1, -0.05) is 6.07 Å². The van der Waals surface area contributed by atoms with E-state index in [4.69, 9.17) is 4.74 Å². The van der Waals surface area contributed by atoms with E-state index in [2.05, 4.69) is 5.32 Å². The highest BCUT2D eigenvalue weighted by Gasteiger charge is 2.28. The molecule has 0 bridgehead atoms. The van der Waals surface area contributed by atoms with E-state index in [1.807, 2.05) is 0 Å². The number of anilines is 1. The molecule has 0 unspecified atom stereocenters. The number of amides is 2. The quantitative estimate of drug-likeness (QED) is 0.724. The van der Waals surface area contributed by atoms with Gasteiger partial charge in [-0.2, -0.15) is 4.31 Å². The van der Waals surface area contributed by atoms with Gasteiger partial charge in [-0.25, -0.2) is 17.6 Å². The second kappa shape index (κ2) is 9.88. The number of hydrogen-bond acceptors (Lipinski definition) is 5. The van der Waals surface area contributed by atoms with Gasteiger partial charge in [0.2, 0.25) is 10.0 Å². The number of sulfonamides is 1. The Morgan fingerprint density at radius 2 is 1.70 bits per heavy atom. The van der Waals surface area contributed by atoms with Gasteiger partial charge in [0.05, 0.1) is 4.90 Å². The van der Waals surface area contributed by atoms with Crippen LogP contribution < -0.4 is 5.32 Å². The molecule has 8 nitrogen and oxygen atoms in total. The smallest absolute Gasteiger partial charge is 0.412 e. The number of rotatable bonds is 4. The molecule has 1 N–H and O–H groups in total. The molecule has 178 valence electrons. The number of nitrogens with one attached hydrogen (secondary N) is 1. The van der Waals surface area contributed by atoms with E-state index in [-0.39, 0.29) is 30.4 Å². The molecule has 0 spiro atoms. The minimum atomic E-state index is -3.78. The summed E-state index contributed by atoms with van der Waals surface area (Å²) in [7, 11) is -3.78. The predicted octanol–water partition coefficient (Wildman–Crippen LogP) is 3.71. The Labute approximate surface area is 193 Å². The van der Waals surface area contributed by atoms with Gasteiger partial charge >= 0.3 is 6.09 Å².